The van der Waals surface area contributed by atoms with Crippen molar-refractivity contribution in [2.24, 2.45) is 11.8 Å². The van der Waals surface area contributed by atoms with E-state index in [1.54, 1.807) is 24.3 Å². The second-order valence-corrected chi connectivity index (χ2v) is 15.0. The van der Waals surface area contributed by atoms with Crippen LogP contribution < -0.4 is 20.1 Å². The van der Waals surface area contributed by atoms with Gasteiger partial charge >= 0.3 is 5.97 Å². The summed E-state index contributed by atoms with van der Waals surface area (Å²) in [6.45, 7) is 8.87. The molecule has 2 aromatic carbocycles. The number of amides is 2. The minimum absolute atomic E-state index is 0.122. The first-order chi connectivity index (χ1) is 26.6. The van der Waals surface area contributed by atoms with E-state index in [1.165, 1.54) is 5.56 Å². The summed E-state index contributed by atoms with van der Waals surface area (Å²) in [5.41, 5.74) is 4.07. The van der Waals surface area contributed by atoms with E-state index in [2.05, 4.69) is 58.6 Å². The third-order valence-electron chi connectivity index (χ3n) is 11.3. The molecule has 3 heterocycles. The van der Waals surface area contributed by atoms with Crippen LogP contribution in [0.25, 0.3) is 11.6 Å². The number of fused-ring (bicyclic) bond motifs is 3. The van der Waals surface area contributed by atoms with Gasteiger partial charge in [-0.2, -0.15) is 0 Å². The molecule has 6 rings (SSSR count). The number of carbonyl (C=O) groups is 3. The van der Waals surface area contributed by atoms with E-state index in [-0.39, 0.29) is 36.0 Å². The number of likely N-dealkylation sites (N-methyl/N-ethyl adjacent to an activating group) is 1. The molecule has 294 valence electrons. The number of H-pyrrole nitrogens is 1. The first-order valence-electron chi connectivity index (χ1n) is 20.0. The molecule has 2 amide bonds. The van der Waals surface area contributed by atoms with Crippen molar-refractivity contribution in [1.29, 1.82) is 0 Å². The fourth-order valence-electron chi connectivity index (χ4n) is 8.19. The van der Waals surface area contributed by atoms with Crippen LogP contribution in [0.2, 0.25) is 0 Å². The number of aliphatic hydroxyl groups excluding tert-OH is 2. The van der Waals surface area contributed by atoms with E-state index in [4.69, 9.17) is 9.47 Å². The van der Waals surface area contributed by atoms with Gasteiger partial charge in [-0.15, -0.1) is 0 Å². The van der Waals surface area contributed by atoms with Gasteiger partial charge in [-0.3, -0.25) is 14.4 Å². The van der Waals surface area contributed by atoms with E-state index in [1.807, 2.05) is 25.1 Å². The molecule has 5 N–H and O–H groups in total. The lowest BCUT2D eigenvalue weighted by atomic mass is 9.85. The normalized spacial score (nSPS) is 22.3. The van der Waals surface area contributed by atoms with Crippen LogP contribution in [0.15, 0.2) is 60.7 Å². The average molecular weight is 753 g/mol. The molecule has 1 fully saturated rings. The van der Waals surface area contributed by atoms with Crippen LogP contribution in [-0.4, -0.2) is 82.4 Å². The van der Waals surface area contributed by atoms with Gasteiger partial charge in [0, 0.05) is 48.8 Å². The molecule has 11 heteroatoms. The third-order valence-corrected chi connectivity index (χ3v) is 11.3. The van der Waals surface area contributed by atoms with E-state index in [0.717, 1.165) is 19.5 Å². The second-order valence-electron chi connectivity index (χ2n) is 15.0. The highest BCUT2D eigenvalue weighted by Gasteiger charge is 2.44. The number of aryl methyl sites for hydroxylation is 2. The number of aromatic nitrogens is 1. The molecule has 11 nitrogen and oxygen atoms in total. The number of hydrogen-bond acceptors (Lipinski definition) is 8. The molecule has 5 atom stereocenters. The SMILES string of the molecule is CCN(CC)CCNC(=O)c1c(C)[nH]c2c1O[C@H]1C[C@@H](O)[C@H](CC[C@H](O)CCc3ccccc3)C1C/C=C\CCCC(=O)Oc1ccc3c(c1)C(=C2)C(=O)N3. The highest BCUT2D eigenvalue weighted by Crippen LogP contribution is 2.44. The Bertz CT molecular complexity index is 1860. The molecule has 0 saturated heterocycles. The van der Waals surface area contributed by atoms with Crippen LogP contribution in [0.1, 0.15) is 98.1 Å². The van der Waals surface area contributed by atoms with Crippen molar-refractivity contribution in [1.82, 2.24) is 15.2 Å². The maximum Gasteiger partial charge on any atom is 0.311 e. The smallest absolute Gasteiger partial charge is 0.311 e. The zero-order valence-corrected chi connectivity index (χ0v) is 32.3. The van der Waals surface area contributed by atoms with Crippen molar-refractivity contribution in [3.8, 4) is 11.5 Å². The standard InChI is InChI=1S/C44H56N4O7/c1-4-48(5-2)24-23-45-44(53)41-28(3)46-37-26-35-34-25-31(20-22-36(34)47-43(35)52)54-40(51)16-12-7-6-11-15-33-32(38(50)27-39(33)55-42(37)41)21-19-30(49)18-17-29-13-9-8-10-14-29/h6,8-11,13-14,20,22,25-26,30,32-33,38-39,46,49-50H,4-5,7,12,15-19,21,23-24,27H2,1-3H3,(H,45,53)(H,47,52)/b11-6-,35-26?/t30-,32-,33?,38-,39+/m1/s1. The van der Waals surface area contributed by atoms with Crippen molar-refractivity contribution in [2.75, 3.05) is 31.5 Å². The van der Waals surface area contributed by atoms with Crippen LogP contribution in [0.4, 0.5) is 5.69 Å². The van der Waals surface area contributed by atoms with Crippen LogP contribution >= 0.6 is 0 Å². The van der Waals surface area contributed by atoms with Gasteiger partial charge in [0.2, 0.25) is 0 Å². The minimum atomic E-state index is -0.673. The molecule has 3 aliphatic rings. The zero-order valence-electron chi connectivity index (χ0n) is 32.3. The molecule has 1 aliphatic carbocycles. The molecule has 0 spiro atoms. The largest absolute Gasteiger partial charge is 0.487 e. The van der Waals surface area contributed by atoms with E-state index in [0.29, 0.717) is 103 Å². The number of esters is 1. The highest BCUT2D eigenvalue weighted by atomic mass is 16.5. The number of carbonyl (C=O) groups excluding carboxylic acids is 3. The lowest BCUT2D eigenvalue weighted by Crippen LogP contribution is -2.35. The minimum Gasteiger partial charge on any atom is -0.487 e. The van der Waals surface area contributed by atoms with Gasteiger partial charge in [0.25, 0.3) is 11.8 Å². The molecular formula is C44H56N4O7. The Labute approximate surface area is 324 Å². The summed E-state index contributed by atoms with van der Waals surface area (Å²) in [7, 11) is 0. The molecule has 2 aliphatic heterocycles. The van der Waals surface area contributed by atoms with E-state index in [9.17, 15) is 24.6 Å². The number of aliphatic hydroxyl groups is 2. The maximum atomic E-state index is 14.0. The fraction of sp³-hybridized carbons (Fsp3) is 0.477. The summed E-state index contributed by atoms with van der Waals surface area (Å²) in [4.78, 5) is 45.7. The van der Waals surface area contributed by atoms with E-state index >= 15 is 0 Å². The summed E-state index contributed by atoms with van der Waals surface area (Å²) in [6.07, 6.45) is 9.24. The first kappa shape index (κ1) is 40.0. The fourth-order valence-corrected chi connectivity index (χ4v) is 8.19. The number of rotatable bonds is 12. The molecule has 1 aromatic heterocycles. The summed E-state index contributed by atoms with van der Waals surface area (Å²) in [6, 6.07) is 15.2. The van der Waals surface area contributed by atoms with Crippen molar-refractivity contribution >= 4 is 35.1 Å². The molecule has 0 radical (unpaired) electrons. The number of benzene rings is 2. The molecule has 55 heavy (non-hydrogen) atoms. The lowest BCUT2D eigenvalue weighted by Gasteiger charge is -2.26. The van der Waals surface area contributed by atoms with Gasteiger partial charge < -0.3 is 40.2 Å². The Morgan fingerprint density at radius 2 is 1.87 bits per heavy atom. The topological polar surface area (TPSA) is 153 Å². The monoisotopic (exact) mass is 752 g/mol. The van der Waals surface area contributed by atoms with Gasteiger partial charge in [0.05, 0.1) is 23.5 Å². The second kappa shape index (κ2) is 18.8. The summed E-state index contributed by atoms with van der Waals surface area (Å²) >= 11 is 0. The number of nitrogens with one attached hydrogen (secondary N) is 3. The molecule has 1 saturated carbocycles. The van der Waals surface area contributed by atoms with Crippen LogP contribution in [0.3, 0.4) is 0 Å². The predicted molar refractivity (Wildman–Crippen MR) is 214 cm³/mol. The zero-order chi connectivity index (χ0) is 38.9. The van der Waals surface area contributed by atoms with Crippen molar-refractivity contribution in [2.45, 2.75) is 96.9 Å². The Hall–Kier alpha value is -4.71. The van der Waals surface area contributed by atoms with Gasteiger partial charge in [-0.05, 0) is 101 Å². The average Bonchev–Trinajstić information content (AvgIpc) is 3.77. The molecule has 2 bridgehead atoms. The summed E-state index contributed by atoms with van der Waals surface area (Å²) < 4.78 is 12.6. The predicted octanol–water partition coefficient (Wildman–Crippen LogP) is 6.44. The van der Waals surface area contributed by atoms with Gasteiger partial charge in [-0.25, -0.2) is 0 Å². The number of ether oxygens (including phenoxy) is 2. The van der Waals surface area contributed by atoms with Crippen LogP contribution in [-0.2, 0) is 16.0 Å². The molecule has 3 aromatic rings. The quantitative estimate of drug-likeness (QED) is 0.0806. The number of nitrogens with zero attached hydrogens (tertiary/aromatic N) is 1. The van der Waals surface area contributed by atoms with Crippen molar-refractivity contribution < 1.29 is 34.1 Å². The third kappa shape index (κ3) is 9.94. The number of aromatic amines is 1. The number of anilines is 1. The van der Waals surface area contributed by atoms with Crippen LogP contribution in [0, 0.1) is 18.8 Å². The van der Waals surface area contributed by atoms with Gasteiger partial charge in [-0.1, -0.05) is 56.3 Å². The number of hydrogen-bond donors (Lipinski definition) is 5. The summed E-state index contributed by atoms with van der Waals surface area (Å²) in [5.74, 6) is -0.582. The van der Waals surface area contributed by atoms with Gasteiger partial charge in [0.1, 0.15) is 17.4 Å². The Balaban J connectivity index is 1.33. The highest BCUT2D eigenvalue weighted by molar-refractivity contribution is 6.35. The summed E-state index contributed by atoms with van der Waals surface area (Å²) in [5, 5.41) is 28.6. The van der Waals surface area contributed by atoms with Crippen LogP contribution in [0.5, 0.6) is 11.5 Å². The Morgan fingerprint density at radius 1 is 1.07 bits per heavy atom. The first-order valence-corrected chi connectivity index (χ1v) is 20.0. The van der Waals surface area contributed by atoms with E-state index < -0.39 is 18.3 Å². The van der Waals surface area contributed by atoms with Crippen molar-refractivity contribution in [3.05, 3.63) is 88.8 Å². The maximum absolute atomic E-state index is 14.0. The Morgan fingerprint density at radius 3 is 2.65 bits per heavy atom. The molecular weight excluding hydrogens is 697 g/mol. The number of allylic oxidation sites excluding steroid dienone is 2. The van der Waals surface area contributed by atoms with Crippen molar-refractivity contribution in [3.63, 3.8) is 0 Å². The Kier molecular flexibility index (Phi) is 13.6. The molecule has 1 unspecified atom stereocenters. The lowest BCUT2D eigenvalue weighted by molar-refractivity contribution is -0.134. The van der Waals surface area contributed by atoms with Gasteiger partial charge in [0.15, 0.2) is 5.75 Å².